The Morgan fingerprint density at radius 1 is 1.18 bits per heavy atom. The highest BCUT2D eigenvalue weighted by molar-refractivity contribution is 6.31. The first-order chi connectivity index (χ1) is 10.5. The molecule has 2 rings (SSSR count). The van der Waals surface area contributed by atoms with Crippen molar-refractivity contribution in [3.8, 4) is 5.75 Å². The van der Waals surface area contributed by atoms with Gasteiger partial charge in [-0.25, -0.2) is 0 Å². The van der Waals surface area contributed by atoms with Gasteiger partial charge in [-0.15, -0.1) is 0 Å². The van der Waals surface area contributed by atoms with Gasteiger partial charge in [-0.1, -0.05) is 29.8 Å². The fourth-order valence-corrected chi connectivity index (χ4v) is 2.41. The van der Waals surface area contributed by atoms with E-state index >= 15 is 0 Å². The van der Waals surface area contributed by atoms with Crippen molar-refractivity contribution in [2.75, 3.05) is 12.4 Å². The minimum atomic E-state index is -1.19. The number of aliphatic hydroxyl groups is 1. The van der Waals surface area contributed by atoms with Crippen LogP contribution in [0.4, 0.5) is 5.69 Å². The summed E-state index contributed by atoms with van der Waals surface area (Å²) in [5, 5.41) is 13.9. The van der Waals surface area contributed by atoms with Gasteiger partial charge in [0.2, 0.25) is 0 Å². The summed E-state index contributed by atoms with van der Waals surface area (Å²) in [6.07, 6.45) is -1.19. The summed E-state index contributed by atoms with van der Waals surface area (Å²) >= 11 is 6.20. The second-order valence-electron chi connectivity index (χ2n) is 4.93. The summed E-state index contributed by atoms with van der Waals surface area (Å²) < 4.78 is 5.11. The highest BCUT2D eigenvalue weighted by Gasteiger charge is 2.26. The Labute approximate surface area is 134 Å². The molecule has 2 N–H and O–H groups in total. The largest absolute Gasteiger partial charge is 0.497 e. The molecule has 2 aromatic rings. The molecular formula is C17H18ClNO3. The minimum Gasteiger partial charge on any atom is -0.497 e. The Morgan fingerprint density at radius 3 is 2.36 bits per heavy atom. The Kier molecular flexibility index (Phi) is 5.41. The maximum Gasteiger partial charge on any atom is 0.160 e. The quantitative estimate of drug-likeness (QED) is 0.856. The average Bonchev–Trinajstić information content (AvgIpc) is 2.53. The first-order valence-electron chi connectivity index (χ1n) is 6.86. The maximum absolute atomic E-state index is 11.6. The third kappa shape index (κ3) is 3.78. The van der Waals surface area contributed by atoms with Crippen LogP contribution in [0, 0.1) is 0 Å². The van der Waals surface area contributed by atoms with E-state index in [0.29, 0.717) is 10.6 Å². The molecule has 0 spiro atoms. The molecule has 0 heterocycles. The second kappa shape index (κ2) is 7.29. The molecule has 0 aromatic heterocycles. The van der Waals surface area contributed by atoms with Gasteiger partial charge in [-0.3, -0.25) is 4.79 Å². The number of ketones is 1. The summed E-state index contributed by atoms with van der Waals surface area (Å²) in [6.45, 7) is 1.35. The zero-order chi connectivity index (χ0) is 16.1. The van der Waals surface area contributed by atoms with Crippen LogP contribution in [0.3, 0.4) is 0 Å². The summed E-state index contributed by atoms with van der Waals surface area (Å²) in [4.78, 5) is 11.6. The smallest absolute Gasteiger partial charge is 0.160 e. The zero-order valence-corrected chi connectivity index (χ0v) is 13.2. The third-order valence-electron chi connectivity index (χ3n) is 3.38. The minimum absolute atomic E-state index is 0.328. The number of rotatable bonds is 6. The lowest BCUT2D eigenvalue weighted by Crippen LogP contribution is -2.31. The van der Waals surface area contributed by atoms with Crippen molar-refractivity contribution in [2.45, 2.75) is 19.1 Å². The van der Waals surface area contributed by atoms with E-state index in [-0.39, 0.29) is 5.78 Å². The van der Waals surface area contributed by atoms with Gasteiger partial charge in [-0.05, 0) is 42.8 Å². The number of ether oxygens (including phenoxy) is 1. The fraction of sp³-hybridized carbons (Fsp3) is 0.235. The van der Waals surface area contributed by atoms with Crippen LogP contribution >= 0.6 is 11.6 Å². The highest BCUT2D eigenvalue weighted by Crippen LogP contribution is 2.29. The monoisotopic (exact) mass is 319 g/mol. The van der Waals surface area contributed by atoms with Gasteiger partial charge < -0.3 is 15.2 Å². The van der Waals surface area contributed by atoms with E-state index in [0.717, 1.165) is 11.4 Å². The molecule has 22 heavy (non-hydrogen) atoms. The topological polar surface area (TPSA) is 58.6 Å². The number of hydrogen-bond acceptors (Lipinski definition) is 4. The van der Waals surface area contributed by atoms with Gasteiger partial charge in [0.05, 0.1) is 13.2 Å². The number of anilines is 1. The van der Waals surface area contributed by atoms with E-state index in [1.54, 1.807) is 37.4 Å². The molecule has 4 nitrogen and oxygen atoms in total. The molecule has 0 amide bonds. The number of aliphatic hydroxyl groups excluding tert-OH is 1. The molecule has 116 valence electrons. The van der Waals surface area contributed by atoms with Crippen LogP contribution in [0.5, 0.6) is 5.75 Å². The van der Waals surface area contributed by atoms with Crippen molar-refractivity contribution in [3.63, 3.8) is 0 Å². The second-order valence-corrected chi connectivity index (χ2v) is 5.33. The lowest BCUT2D eigenvalue weighted by molar-refractivity contribution is -0.125. The van der Waals surface area contributed by atoms with Crippen molar-refractivity contribution in [2.24, 2.45) is 0 Å². The number of benzene rings is 2. The van der Waals surface area contributed by atoms with Gasteiger partial charge in [0, 0.05) is 10.7 Å². The molecule has 0 saturated carbocycles. The van der Waals surface area contributed by atoms with E-state index in [4.69, 9.17) is 16.3 Å². The average molecular weight is 320 g/mol. The summed E-state index contributed by atoms with van der Waals surface area (Å²) in [5.74, 6) is 0.401. The SMILES string of the molecule is COc1ccc(N[C@H](c2ccccc2Cl)[C@@H](O)C(C)=O)cc1. The van der Waals surface area contributed by atoms with Crippen molar-refractivity contribution in [1.82, 2.24) is 0 Å². The van der Waals surface area contributed by atoms with Crippen LogP contribution in [0.2, 0.25) is 5.02 Å². The molecule has 0 fully saturated rings. The Bertz CT molecular complexity index is 643. The first kappa shape index (κ1) is 16.3. The van der Waals surface area contributed by atoms with Crippen molar-refractivity contribution >= 4 is 23.1 Å². The molecular weight excluding hydrogens is 302 g/mol. The van der Waals surface area contributed by atoms with Gasteiger partial charge >= 0.3 is 0 Å². The Hall–Kier alpha value is -2.04. The van der Waals surface area contributed by atoms with Crippen LogP contribution in [0.1, 0.15) is 18.5 Å². The fourth-order valence-electron chi connectivity index (χ4n) is 2.16. The van der Waals surface area contributed by atoms with E-state index in [9.17, 15) is 9.90 Å². The highest BCUT2D eigenvalue weighted by atomic mass is 35.5. The van der Waals surface area contributed by atoms with E-state index in [2.05, 4.69) is 5.32 Å². The number of Topliss-reactive ketones (excluding diaryl/α,β-unsaturated/α-hetero) is 1. The molecule has 5 heteroatoms. The molecule has 0 bridgehead atoms. The van der Waals surface area contributed by atoms with E-state index in [1.807, 2.05) is 18.2 Å². The number of hydrogen-bond donors (Lipinski definition) is 2. The normalized spacial score (nSPS) is 13.3. The van der Waals surface area contributed by atoms with Crippen LogP contribution in [-0.4, -0.2) is 24.1 Å². The van der Waals surface area contributed by atoms with Gasteiger partial charge in [0.15, 0.2) is 5.78 Å². The molecule has 0 aliphatic rings. The maximum atomic E-state index is 11.6. The van der Waals surface area contributed by atoms with Gasteiger partial charge in [0.1, 0.15) is 11.9 Å². The molecule has 2 atom stereocenters. The van der Waals surface area contributed by atoms with Crippen molar-refractivity contribution < 1.29 is 14.6 Å². The standard InChI is InChI=1S/C17H18ClNO3/c1-11(20)17(21)16(14-5-3-4-6-15(14)18)19-12-7-9-13(22-2)10-8-12/h3-10,16-17,19,21H,1-2H3/t16-,17+/m1/s1. The Morgan fingerprint density at radius 2 is 1.82 bits per heavy atom. The van der Waals surface area contributed by atoms with Crippen LogP contribution < -0.4 is 10.1 Å². The number of halogens is 1. The van der Waals surface area contributed by atoms with Crippen molar-refractivity contribution in [1.29, 1.82) is 0 Å². The predicted octanol–water partition coefficient (Wildman–Crippen LogP) is 3.45. The molecule has 0 radical (unpaired) electrons. The van der Waals surface area contributed by atoms with Gasteiger partial charge in [-0.2, -0.15) is 0 Å². The lowest BCUT2D eigenvalue weighted by Gasteiger charge is -2.25. The number of carbonyl (C=O) groups is 1. The molecule has 0 unspecified atom stereocenters. The first-order valence-corrected chi connectivity index (χ1v) is 7.24. The van der Waals surface area contributed by atoms with Crippen LogP contribution in [0.15, 0.2) is 48.5 Å². The number of nitrogens with one attached hydrogen (secondary N) is 1. The van der Waals surface area contributed by atoms with E-state index < -0.39 is 12.1 Å². The van der Waals surface area contributed by atoms with E-state index in [1.165, 1.54) is 6.92 Å². The summed E-state index contributed by atoms with van der Waals surface area (Å²) in [5.41, 5.74) is 1.42. The molecule has 2 aromatic carbocycles. The lowest BCUT2D eigenvalue weighted by atomic mass is 9.98. The van der Waals surface area contributed by atoms with Gasteiger partial charge in [0.25, 0.3) is 0 Å². The molecule has 0 saturated heterocycles. The van der Waals surface area contributed by atoms with Crippen molar-refractivity contribution in [3.05, 3.63) is 59.1 Å². The molecule has 0 aliphatic heterocycles. The predicted molar refractivity (Wildman–Crippen MR) is 87.5 cm³/mol. The Balaban J connectivity index is 2.32. The zero-order valence-electron chi connectivity index (χ0n) is 12.4. The summed E-state index contributed by atoms with van der Waals surface area (Å²) in [6, 6.07) is 13.7. The third-order valence-corrected chi connectivity index (χ3v) is 3.73. The van der Waals surface area contributed by atoms with Crippen LogP contribution in [-0.2, 0) is 4.79 Å². The number of methoxy groups -OCH3 is 1. The number of carbonyl (C=O) groups excluding carboxylic acids is 1. The molecule has 0 aliphatic carbocycles. The van der Waals surface area contributed by atoms with Crippen LogP contribution in [0.25, 0.3) is 0 Å². The summed E-state index contributed by atoms with van der Waals surface area (Å²) in [7, 11) is 1.59.